The highest BCUT2D eigenvalue weighted by Crippen LogP contribution is 1.96. The summed E-state index contributed by atoms with van der Waals surface area (Å²) in [6.45, 7) is 6.73. The minimum atomic E-state index is -0.320. The van der Waals surface area contributed by atoms with Crippen LogP contribution in [-0.2, 0) is 14.3 Å². The van der Waals surface area contributed by atoms with Crippen LogP contribution in [-0.4, -0.2) is 19.2 Å². The van der Waals surface area contributed by atoms with Crippen molar-refractivity contribution in [3.05, 3.63) is 11.8 Å². The summed E-state index contributed by atoms with van der Waals surface area (Å²) in [4.78, 5) is 11.0. The Morgan fingerprint density at radius 3 is 2.54 bits per heavy atom. The lowest BCUT2D eigenvalue weighted by atomic mass is 10.4. The Kier molecular flexibility index (Phi) is 7.07. The maximum Gasteiger partial charge on any atom is 0.334 e. The quantitative estimate of drug-likeness (QED) is 0.276. The highest BCUT2D eigenvalue weighted by atomic mass is 16.5. The number of esters is 1. The lowest BCUT2D eigenvalue weighted by Crippen LogP contribution is -2.03. The van der Waals surface area contributed by atoms with Gasteiger partial charge in [-0.1, -0.05) is 13.3 Å². The fraction of sp³-hybridized carbons (Fsp3) is 0.700. The molecule has 0 saturated carbocycles. The van der Waals surface area contributed by atoms with Crippen molar-refractivity contribution in [1.82, 2.24) is 0 Å². The Labute approximate surface area is 79.7 Å². The van der Waals surface area contributed by atoms with Gasteiger partial charge in [-0.3, -0.25) is 0 Å². The lowest BCUT2D eigenvalue weighted by Gasteiger charge is -2.03. The van der Waals surface area contributed by atoms with Crippen LogP contribution in [0.25, 0.3) is 0 Å². The molecule has 0 aromatic carbocycles. The van der Waals surface area contributed by atoms with E-state index in [2.05, 4.69) is 6.92 Å². The van der Waals surface area contributed by atoms with Gasteiger partial charge < -0.3 is 9.47 Å². The van der Waals surface area contributed by atoms with Gasteiger partial charge in [0.2, 0.25) is 0 Å². The molecule has 0 rings (SSSR count). The first-order valence-electron chi connectivity index (χ1n) is 4.68. The van der Waals surface area contributed by atoms with Crippen LogP contribution in [0, 0.1) is 0 Å². The predicted molar refractivity (Wildman–Crippen MR) is 51.3 cm³/mol. The van der Waals surface area contributed by atoms with Crippen LogP contribution in [0.1, 0.15) is 33.6 Å². The SMILES string of the molecule is CCCCOC(=O)/C=C(/C)OCC. The number of carbonyl (C=O) groups excluding carboxylic acids is 1. The van der Waals surface area contributed by atoms with Crippen molar-refractivity contribution in [3.63, 3.8) is 0 Å². The van der Waals surface area contributed by atoms with Crippen molar-refractivity contribution in [1.29, 1.82) is 0 Å². The maximum absolute atomic E-state index is 11.0. The van der Waals surface area contributed by atoms with Crippen molar-refractivity contribution in [2.45, 2.75) is 33.6 Å². The van der Waals surface area contributed by atoms with Crippen molar-refractivity contribution >= 4 is 5.97 Å². The summed E-state index contributed by atoms with van der Waals surface area (Å²) >= 11 is 0. The number of carbonyl (C=O) groups is 1. The van der Waals surface area contributed by atoms with Gasteiger partial charge in [0.15, 0.2) is 0 Å². The summed E-state index contributed by atoms with van der Waals surface area (Å²) < 4.78 is 9.98. The van der Waals surface area contributed by atoms with E-state index in [1.54, 1.807) is 6.92 Å². The van der Waals surface area contributed by atoms with Gasteiger partial charge in [0.25, 0.3) is 0 Å². The molecule has 0 aliphatic carbocycles. The highest BCUT2D eigenvalue weighted by Gasteiger charge is 1.98. The summed E-state index contributed by atoms with van der Waals surface area (Å²) in [5, 5.41) is 0. The zero-order chi connectivity index (χ0) is 10.1. The Morgan fingerprint density at radius 2 is 2.00 bits per heavy atom. The van der Waals surface area contributed by atoms with E-state index in [0.29, 0.717) is 19.0 Å². The van der Waals surface area contributed by atoms with Gasteiger partial charge in [0.05, 0.1) is 19.3 Å². The Hall–Kier alpha value is -0.990. The molecule has 0 bridgehead atoms. The van der Waals surface area contributed by atoms with Crippen LogP contribution in [0.15, 0.2) is 11.8 Å². The Bertz CT molecular complexity index is 173. The highest BCUT2D eigenvalue weighted by molar-refractivity contribution is 5.82. The van der Waals surface area contributed by atoms with E-state index in [-0.39, 0.29) is 5.97 Å². The van der Waals surface area contributed by atoms with E-state index in [1.165, 1.54) is 6.08 Å². The van der Waals surface area contributed by atoms with Gasteiger partial charge in [-0.2, -0.15) is 0 Å². The summed E-state index contributed by atoms with van der Waals surface area (Å²) in [5.74, 6) is 0.281. The van der Waals surface area contributed by atoms with E-state index < -0.39 is 0 Å². The summed E-state index contributed by atoms with van der Waals surface area (Å²) in [6.07, 6.45) is 3.31. The maximum atomic E-state index is 11.0. The van der Waals surface area contributed by atoms with E-state index in [9.17, 15) is 4.79 Å². The number of hydrogen-bond donors (Lipinski definition) is 0. The Morgan fingerprint density at radius 1 is 1.31 bits per heavy atom. The molecule has 0 fully saturated rings. The monoisotopic (exact) mass is 186 g/mol. The summed E-state index contributed by atoms with van der Waals surface area (Å²) in [5.41, 5.74) is 0. The second-order valence-corrected chi connectivity index (χ2v) is 2.71. The van der Waals surface area contributed by atoms with Crippen LogP contribution in [0.2, 0.25) is 0 Å². The molecule has 0 unspecified atom stereocenters. The average Bonchev–Trinajstić information content (AvgIpc) is 2.05. The third-order valence-electron chi connectivity index (χ3n) is 1.44. The van der Waals surface area contributed by atoms with E-state index in [4.69, 9.17) is 9.47 Å². The molecule has 0 spiro atoms. The molecule has 0 aliphatic heterocycles. The summed E-state index contributed by atoms with van der Waals surface area (Å²) in [7, 11) is 0. The zero-order valence-electron chi connectivity index (χ0n) is 8.63. The molecule has 3 nitrogen and oxygen atoms in total. The molecule has 0 heterocycles. The molecule has 0 radical (unpaired) electrons. The number of ether oxygens (including phenoxy) is 2. The molecule has 0 aromatic rings. The normalized spacial score (nSPS) is 11.2. The van der Waals surface area contributed by atoms with Crippen LogP contribution in [0.3, 0.4) is 0 Å². The van der Waals surface area contributed by atoms with Gasteiger partial charge in [-0.25, -0.2) is 4.79 Å². The number of unbranched alkanes of at least 4 members (excludes halogenated alkanes) is 1. The second kappa shape index (κ2) is 7.65. The predicted octanol–water partition coefficient (Wildman–Crippen LogP) is 2.27. The van der Waals surface area contributed by atoms with Crippen molar-refractivity contribution in [3.8, 4) is 0 Å². The van der Waals surface area contributed by atoms with Gasteiger partial charge >= 0.3 is 5.97 Å². The first-order chi connectivity index (χ1) is 6.20. The molecule has 76 valence electrons. The number of hydrogen-bond acceptors (Lipinski definition) is 3. The van der Waals surface area contributed by atoms with Gasteiger partial charge in [0, 0.05) is 0 Å². The summed E-state index contributed by atoms with van der Waals surface area (Å²) in [6, 6.07) is 0. The molecule has 0 saturated heterocycles. The molecular formula is C10H18O3. The van der Waals surface area contributed by atoms with E-state index in [0.717, 1.165) is 12.8 Å². The fourth-order valence-corrected chi connectivity index (χ4v) is 0.794. The van der Waals surface area contributed by atoms with Crippen LogP contribution in [0.5, 0.6) is 0 Å². The third kappa shape index (κ3) is 7.37. The first-order valence-corrected chi connectivity index (χ1v) is 4.68. The minimum absolute atomic E-state index is 0.320. The standard InChI is InChI=1S/C10H18O3/c1-4-6-7-13-10(11)8-9(3)12-5-2/h8H,4-7H2,1-3H3/b9-8-. The number of rotatable bonds is 6. The van der Waals surface area contributed by atoms with Crippen LogP contribution < -0.4 is 0 Å². The van der Waals surface area contributed by atoms with Crippen LogP contribution in [0.4, 0.5) is 0 Å². The van der Waals surface area contributed by atoms with Crippen LogP contribution >= 0.6 is 0 Å². The van der Waals surface area contributed by atoms with Crippen molar-refractivity contribution in [2.24, 2.45) is 0 Å². The molecule has 0 aromatic heterocycles. The largest absolute Gasteiger partial charge is 0.498 e. The number of allylic oxidation sites excluding steroid dienone is 1. The zero-order valence-corrected chi connectivity index (χ0v) is 8.63. The average molecular weight is 186 g/mol. The van der Waals surface area contributed by atoms with E-state index >= 15 is 0 Å². The molecule has 0 N–H and O–H groups in total. The smallest absolute Gasteiger partial charge is 0.334 e. The molecule has 0 atom stereocenters. The topological polar surface area (TPSA) is 35.5 Å². The molecule has 3 heteroatoms. The molecular weight excluding hydrogens is 168 g/mol. The van der Waals surface area contributed by atoms with Gasteiger partial charge in [-0.05, 0) is 20.3 Å². The first kappa shape index (κ1) is 12.0. The molecule has 0 aliphatic rings. The lowest BCUT2D eigenvalue weighted by molar-refractivity contribution is -0.138. The van der Waals surface area contributed by atoms with Crippen molar-refractivity contribution < 1.29 is 14.3 Å². The van der Waals surface area contributed by atoms with E-state index in [1.807, 2.05) is 6.92 Å². The molecule has 13 heavy (non-hydrogen) atoms. The molecule has 0 amide bonds. The van der Waals surface area contributed by atoms with Gasteiger partial charge in [0.1, 0.15) is 5.76 Å². The fourth-order valence-electron chi connectivity index (χ4n) is 0.794. The Balaban J connectivity index is 3.65. The van der Waals surface area contributed by atoms with Crippen molar-refractivity contribution in [2.75, 3.05) is 13.2 Å². The minimum Gasteiger partial charge on any atom is -0.498 e. The van der Waals surface area contributed by atoms with Gasteiger partial charge in [-0.15, -0.1) is 0 Å². The second-order valence-electron chi connectivity index (χ2n) is 2.71. The third-order valence-corrected chi connectivity index (χ3v) is 1.44.